The average molecular weight is 239 g/mol. The number of nitrogens with zero attached hydrogens (tertiary/aromatic N) is 2. The lowest BCUT2D eigenvalue weighted by molar-refractivity contribution is 0.112. The fraction of sp³-hybridized carbons (Fsp3) is 0.111. The summed E-state index contributed by atoms with van der Waals surface area (Å²) in [7, 11) is 1.86. The molecule has 0 radical (unpaired) electrons. The Hall–Kier alpha value is -1.16. The highest BCUT2D eigenvalue weighted by molar-refractivity contribution is 9.10. The Labute approximate surface area is 83.5 Å². The summed E-state index contributed by atoms with van der Waals surface area (Å²) in [6.07, 6.45) is 2.71. The molecule has 0 spiro atoms. The van der Waals surface area contributed by atoms with E-state index in [0.29, 0.717) is 5.56 Å². The molecule has 0 bridgehead atoms. The molecule has 13 heavy (non-hydrogen) atoms. The number of carbonyl (C=O) groups excluding carboxylic acids is 1. The minimum Gasteiger partial charge on any atom is -0.298 e. The van der Waals surface area contributed by atoms with Gasteiger partial charge in [0, 0.05) is 28.7 Å². The number of benzene rings is 1. The van der Waals surface area contributed by atoms with Crippen molar-refractivity contribution < 1.29 is 4.79 Å². The Bertz CT molecular complexity index is 476. The Morgan fingerprint density at radius 3 is 3.00 bits per heavy atom. The quantitative estimate of drug-likeness (QED) is 0.714. The van der Waals surface area contributed by atoms with Crippen LogP contribution in [-0.2, 0) is 7.05 Å². The standard InChI is InChI=1S/C9H7BrN2O/c1-12-4-6-2-7(5-13)8(10)3-9(6)11-12/h2-5H,1H3. The van der Waals surface area contributed by atoms with Gasteiger partial charge >= 0.3 is 0 Å². The van der Waals surface area contributed by atoms with Crippen molar-refractivity contribution in [3.63, 3.8) is 0 Å². The first-order valence-electron chi connectivity index (χ1n) is 3.79. The summed E-state index contributed by atoms with van der Waals surface area (Å²) in [5.41, 5.74) is 1.54. The third-order valence-electron chi connectivity index (χ3n) is 1.86. The zero-order valence-corrected chi connectivity index (χ0v) is 8.58. The monoisotopic (exact) mass is 238 g/mol. The van der Waals surface area contributed by atoms with Crippen LogP contribution >= 0.6 is 15.9 Å². The Morgan fingerprint density at radius 1 is 1.54 bits per heavy atom. The maximum atomic E-state index is 10.6. The topological polar surface area (TPSA) is 34.9 Å². The van der Waals surface area contributed by atoms with Gasteiger partial charge in [0.15, 0.2) is 6.29 Å². The van der Waals surface area contributed by atoms with Crippen LogP contribution in [0, 0.1) is 0 Å². The molecule has 1 heterocycles. The van der Waals surface area contributed by atoms with Crippen molar-refractivity contribution >= 4 is 33.1 Å². The van der Waals surface area contributed by atoms with Gasteiger partial charge in [0.1, 0.15) is 0 Å². The third-order valence-corrected chi connectivity index (χ3v) is 2.55. The third kappa shape index (κ3) is 1.37. The molecule has 0 saturated carbocycles. The molecule has 0 unspecified atom stereocenters. The van der Waals surface area contributed by atoms with Gasteiger partial charge in [-0.3, -0.25) is 9.48 Å². The van der Waals surface area contributed by atoms with E-state index in [-0.39, 0.29) is 0 Å². The highest BCUT2D eigenvalue weighted by atomic mass is 79.9. The van der Waals surface area contributed by atoms with Crippen molar-refractivity contribution in [2.24, 2.45) is 7.05 Å². The maximum absolute atomic E-state index is 10.6. The Balaban J connectivity index is 2.79. The van der Waals surface area contributed by atoms with Gasteiger partial charge in [-0.15, -0.1) is 0 Å². The van der Waals surface area contributed by atoms with E-state index in [9.17, 15) is 4.79 Å². The van der Waals surface area contributed by atoms with E-state index >= 15 is 0 Å². The Kier molecular flexibility index (Phi) is 1.92. The number of aromatic nitrogens is 2. The van der Waals surface area contributed by atoms with Crippen molar-refractivity contribution in [2.45, 2.75) is 0 Å². The highest BCUT2D eigenvalue weighted by Crippen LogP contribution is 2.21. The van der Waals surface area contributed by atoms with Crippen molar-refractivity contribution in [1.82, 2.24) is 9.78 Å². The summed E-state index contributed by atoms with van der Waals surface area (Å²) in [4.78, 5) is 10.6. The molecular formula is C9H7BrN2O. The van der Waals surface area contributed by atoms with E-state index < -0.39 is 0 Å². The molecule has 1 aromatic carbocycles. The van der Waals surface area contributed by atoms with Crippen LogP contribution in [0.2, 0.25) is 0 Å². The largest absolute Gasteiger partial charge is 0.298 e. The highest BCUT2D eigenvalue weighted by Gasteiger charge is 2.03. The molecule has 2 rings (SSSR count). The molecular weight excluding hydrogens is 232 g/mol. The number of aryl methyl sites for hydroxylation is 1. The van der Waals surface area contributed by atoms with Gasteiger partial charge < -0.3 is 0 Å². The van der Waals surface area contributed by atoms with Gasteiger partial charge in [0.05, 0.1) is 5.52 Å². The van der Waals surface area contributed by atoms with E-state index in [1.54, 1.807) is 4.68 Å². The number of fused-ring (bicyclic) bond motifs is 1. The first kappa shape index (κ1) is 8.44. The summed E-state index contributed by atoms with van der Waals surface area (Å²) in [5, 5.41) is 5.20. The molecule has 0 aliphatic heterocycles. The second-order valence-electron chi connectivity index (χ2n) is 2.85. The van der Waals surface area contributed by atoms with E-state index in [0.717, 1.165) is 21.7 Å². The first-order chi connectivity index (χ1) is 6.20. The number of carbonyl (C=O) groups is 1. The SMILES string of the molecule is Cn1cc2cc(C=O)c(Br)cc2n1. The molecule has 0 fully saturated rings. The summed E-state index contributed by atoms with van der Waals surface area (Å²) in [6, 6.07) is 3.67. The van der Waals surface area contributed by atoms with Crippen LogP contribution < -0.4 is 0 Å². The van der Waals surface area contributed by atoms with Gasteiger partial charge in [-0.2, -0.15) is 5.10 Å². The molecule has 0 aliphatic rings. The van der Waals surface area contributed by atoms with E-state index in [1.165, 1.54) is 0 Å². The summed E-state index contributed by atoms with van der Waals surface area (Å²) in [6.45, 7) is 0. The van der Waals surface area contributed by atoms with E-state index in [2.05, 4.69) is 21.0 Å². The van der Waals surface area contributed by atoms with Gasteiger partial charge in [-0.1, -0.05) is 0 Å². The zero-order valence-electron chi connectivity index (χ0n) is 6.99. The molecule has 0 aliphatic carbocycles. The zero-order chi connectivity index (χ0) is 9.42. The number of aldehydes is 1. The first-order valence-corrected chi connectivity index (χ1v) is 4.58. The minimum atomic E-state index is 0.653. The fourth-order valence-corrected chi connectivity index (χ4v) is 1.70. The predicted octanol–water partition coefficient (Wildman–Crippen LogP) is 2.15. The maximum Gasteiger partial charge on any atom is 0.151 e. The molecule has 66 valence electrons. The van der Waals surface area contributed by atoms with Crippen molar-refractivity contribution in [2.75, 3.05) is 0 Å². The lowest BCUT2D eigenvalue weighted by Crippen LogP contribution is -1.85. The number of hydrogen-bond acceptors (Lipinski definition) is 2. The molecule has 4 heteroatoms. The predicted molar refractivity (Wildman–Crippen MR) is 53.8 cm³/mol. The van der Waals surface area contributed by atoms with Crippen molar-refractivity contribution in [3.8, 4) is 0 Å². The summed E-state index contributed by atoms with van der Waals surface area (Å²) < 4.78 is 2.51. The second-order valence-corrected chi connectivity index (χ2v) is 3.71. The van der Waals surface area contributed by atoms with Crippen molar-refractivity contribution in [1.29, 1.82) is 0 Å². The van der Waals surface area contributed by atoms with Crippen molar-refractivity contribution in [3.05, 3.63) is 28.4 Å². The van der Waals surface area contributed by atoms with Crippen LogP contribution in [0.3, 0.4) is 0 Å². The normalized spacial score (nSPS) is 10.6. The second kappa shape index (κ2) is 2.96. The van der Waals surface area contributed by atoms with Crippen LogP contribution in [0.25, 0.3) is 10.9 Å². The smallest absolute Gasteiger partial charge is 0.151 e. The summed E-state index contributed by atoms with van der Waals surface area (Å²) >= 11 is 3.31. The van der Waals surface area contributed by atoms with Gasteiger partial charge in [-0.25, -0.2) is 0 Å². The minimum absolute atomic E-state index is 0.653. The number of rotatable bonds is 1. The molecule has 1 aromatic heterocycles. The fourth-order valence-electron chi connectivity index (χ4n) is 1.28. The van der Waals surface area contributed by atoms with E-state index in [1.807, 2.05) is 25.4 Å². The van der Waals surface area contributed by atoms with Gasteiger partial charge in [-0.05, 0) is 28.1 Å². The van der Waals surface area contributed by atoms with Crippen LogP contribution in [-0.4, -0.2) is 16.1 Å². The summed E-state index contributed by atoms with van der Waals surface area (Å²) in [5.74, 6) is 0. The lowest BCUT2D eigenvalue weighted by Gasteiger charge is -1.94. The molecule has 0 atom stereocenters. The number of halogens is 1. The lowest BCUT2D eigenvalue weighted by atomic mass is 10.2. The molecule has 0 saturated heterocycles. The van der Waals surface area contributed by atoms with E-state index in [4.69, 9.17) is 0 Å². The number of hydrogen-bond donors (Lipinski definition) is 0. The molecule has 3 nitrogen and oxygen atoms in total. The molecule has 0 N–H and O–H groups in total. The Morgan fingerprint density at radius 2 is 2.31 bits per heavy atom. The molecule has 0 amide bonds. The molecule has 2 aromatic rings. The van der Waals surface area contributed by atoms with Gasteiger partial charge in [0.25, 0.3) is 0 Å². The van der Waals surface area contributed by atoms with Crippen LogP contribution in [0.15, 0.2) is 22.8 Å². The average Bonchev–Trinajstić information content (AvgIpc) is 2.42. The van der Waals surface area contributed by atoms with Crippen LogP contribution in [0.4, 0.5) is 0 Å². The van der Waals surface area contributed by atoms with Crippen LogP contribution in [0.1, 0.15) is 10.4 Å². The van der Waals surface area contributed by atoms with Gasteiger partial charge in [0.2, 0.25) is 0 Å². The van der Waals surface area contributed by atoms with Crippen LogP contribution in [0.5, 0.6) is 0 Å².